The number of carboxylic acid groups (broad SMARTS) is 1. The molecule has 2 rings (SSSR count). The highest BCUT2D eigenvalue weighted by Gasteiger charge is 2.03. The first kappa shape index (κ1) is 39.0. The molecule has 11 N–H and O–H groups in total. The summed E-state index contributed by atoms with van der Waals surface area (Å²) in [4.78, 5) is 48.5. The third kappa shape index (κ3) is 26.5. The Hall–Kier alpha value is -5.14. The van der Waals surface area contributed by atoms with Gasteiger partial charge in [0.25, 0.3) is 24.8 Å². The standard InChI is InChI=1S/2C12H18N4O.C3H6O2.CH2O2/c2*13-12(14)16-9-5-4-8-15-11(17)10-6-2-1-3-7-10;1-2-5-3-4;2-1-3/h2*1-3,6-7H,4-5,8-9H2,(H,15,17)(H4,13,14,16);3H,2H2,1H3;1H,(H,2,3). The second-order valence-electron chi connectivity index (χ2n) is 7.93. The molecule has 0 saturated carbocycles. The Labute approximate surface area is 246 Å². The molecule has 2 amide bonds. The molecule has 0 aliphatic carbocycles. The zero-order valence-corrected chi connectivity index (χ0v) is 24.0. The highest BCUT2D eigenvalue weighted by Crippen LogP contribution is 1.99. The van der Waals surface area contributed by atoms with Crippen LogP contribution in [0.3, 0.4) is 0 Å². The Kier molecular flexibility index (Phi) is 26.8. The van der Waals surface area contributed by atoms with Crippen LogP contribution in [0.5, 0.6) is 0 Å². The fourth-order valence-electron chi connectivity index (χ4n) is 2.74. The van der Waals surface area contributed by atoms with E-state index in [2.05, 4.69) is 25.4 Å². The number of unbranched alkanes of at least 4 members (excludes halogenated alkanes) is 2. The van der Waals surface area contributed by atoms with Gasteiger partial charge in [-0.25, -0.2) is 0 Å². The lowest BCUT2D eigenvalue weighted by Crippen LogP contribution is -2.25. The summed E-state index contributed by atoms with van der Waals surface area (Å²) in [5, 5.41) is 12.6. The number of hydrogen-bond donors (Lipinski definition) is 7. The molecule has 0 aliphatic rings. The number of amides is 2. The summed E-state index contributed by atoms with van der Waals surface area (Å²) in [5.41, 5.74) is 22.1. The van der Waals surface area contributed by atoms with Crippen molar-refractivity contribution in [1.82, 2.24) is 10.6 Å². The van der Waals surface area contributed by atoms with Crippen molar-refractivity contribution in [3.63, 3.8) is 0 Å². The number of rotatable bonds is 14. The summed E-state index contributed by atoms with van der Waals surface area (Å²) in [6.45, 7) is 4.88. The SMILES string of the molecule is CCOC=O.NC(N)=NCCCCNC(=O)c1ccccc1.NC(N)=NCCCCNC(=O)c1ccccc1.O=CO. The molecule has 0 saturated heterocycles. The van der Waals surface area contributed by atoms with Crippen molar-refractivity contribution < 1.29 is 29.0 Å². The lowest BCUT2D eigenvalue weighted by atomic mass is 10.2. The van der Waals surface area contributed by atoms with Crippen molar-refractivity contribution in [2.75, 3.05) is 32.8 Å². The van der Waals surface area contributed by atoms with Gasteiger partial charge in [0.2, 0.25) is 0 Å². The van der Waals surface area contributed by atoms with Crippen LogP contribution in [-0.2, 0) is 14.3 Å². The summed E-state index contributed by atoms with van der Waals surface area (Å²) >= 11 is 0. The number of aliphatic imine (C=N–C) groups is 2. The molecule has 0 fully saturated rings. The fraction of sp³-hybridized carbons (Fsp3) is 0.357. The van der Waals surface area contributed by atoms with Gasteiger partial charge >= 0.3 is 0 Å². The molecule has 14 nitrogen and oxygen atoms in total. The van der Waals surface area contributed by atoms with E-state index in [9.17, 15) is 14.4 Å². The number of ether oxygens (including phenoxy) is 1. The summed E-state index contributed by atoms with van der Waals surface area (Å²) in [7, 11) is 0. The van der Waals surface area contributed by atoms with E-state index in [1.165, 1.54) is 0 Å². The van der Waals surface area contributed by atoms with Crippen molar-refractivity contribution in [3.05, 3.63) is 71.8 Å². The van der Waals surface area contributed by atoms with Gasteiger partial charge in [0, 0.05) is 37.3 Å². The van der Waals surface area contributed by atoms with E-state index in [1.54, 1.807) is 31.2 Å². The number of nitrogens with two attached hydrogens (primary N) is 4. The molecule has 14 heteroatoms. The molecule has 0 heterocycles. The normalized spacial score (nSPS) is 8.88. The Balaban J connectivity index is 0. The van der Waals surface area contributed by atoms with Crippen LogP contribution in [0.2, 0.25) is 0 Å². The smallest absolute Gasteiger partial charge is 0.293 e. The predicted octanol–water partition coefficient (Wildman–Crippen LogP) is 0.820. The first-order chi connectivity index (χ1) is 20.2. The van der Waals surface area contributed by atoms with E-state index >= 15 is 0 Å². The third-order valence-corrected chi connectivity index (χ3v) is 4.64. The second kappa shape index (κ2) is 28.9. The molecule has 0 bridgehead atoms. The van der Waals surface area contributed by atoms with Crippen LogP contribution >= 0.6 is 0 Å². The zero-order chi connectivity index (χ0) is 31.8. The van der Waals surface area contributed by atoms with Gasteiger partial charge in [0.05, 0.1) is 6.61 Å². The van der Waals surface area contributed by atoms with Crippen LogP contribution in [0.4, 0.5) is 0 Å². The average molecular weight is 589 g/mol. The van der Waals surface area contributed by atoms with Gasteiger partial charge in [0.15, 0.2) is 11.9 Å². The molecule has 0 atom stereocenters. The minimum absolute atomic E-state index is 0.0487. The molecule has 0 unspecified atom stereocenters. The molecular formula is C28H44N8O6. The molecule has 0 aliphatic heterocycles. The summed E-state index contributed by atoms with van der Waals surface area (Å²) in [6, 6.07) is 18.3. The van der Waals surface area contributed by atoms with Crippen molar-refractivity contribution in [2.45, 2.75) is 32.6 Å². The number of carbonyl (C=O) groups is 4. The van der Waals surface area contributed by atoms with Gasteiger partial charge in [-0.05, 0) is 56.9 Å². The monoisotopic (exact) mass is 588 g/mol. The molecule has 232 valence electrons. The maximum atomic E-state index is 11.6. The van der Waals surface area contributed by atoms with Crippen LogP contribution in [0.15, 0.2) is 70.6 Å². The van der Waals surface area contributed by atoms with Crippen molar-refractivity contribution in [2.24, 2.45) is 32.9 Å². The number of hydrogen-bond acceptors (Lipinski definition) is 7. The van der Waals surface area contributed by atoms with Gasteiger partial charge in [-0.2, -0.15) is 0 Å². The summed E-state index contributed by atoms with van der Waals surface area (Å²) < 4.78 is 4.15. The molecule has 0 spiro atoms. The lowest BCUT2D eigenvalue weighted by molar-refractivity contribution is -0.128. The Morgan fingerprint density at radius 3 is 1.36 bits per heavy atom. The van der Waals surface area contributed by atoms with Crippen LogP contribution < -0.4 is 33.6 Å². The van der Waals surface area contributed by atoms with E-state index < -0.39 is 0 Å². The van der Waals surface area contributed by atoms with E-state index in [-0.39, 0.29) is 30.2 Å². The number of guanidine groups is 2. The third-order valence-electron chi connectivity index (χ3n) is 4.64. The van der Waals surface area contributed by atoms with Gasteiger partial charge < -0.3 is 43.4 Å². The predicted molar refractivity (Wildman–Crippen MR) is 164 cm³/mol. The number of carbonyl (C=O) groups excluding carboxylic acids is 3. The first-order valence-corrected chi connectivity index (χ1v) is 13.1. The first-order valence-electron chi connectivity index (χ1n) is 13.1. The molecule has 2 aromatic carbocycles. The Morgan fingerprint density at radius 2 is 1.10 bits per heavy atom. The van der Waals surface area contributed by atoms with Crippen molar-refractivity contribution >= 4 is 36.7 Å². The fourth-order valence-corrected chi connectivity index (χ4v) is 2.74. The minimum atomic E-state index is -0.250. The number of nitrogens with zero attached hydrogens (tertiary/aromatic N) is 2. The van der Waals surface area contributed by atoms with Crippen LogP contribution in [0.25, 0.3) is 0 Å². The lowest BCUT2D eigenvalue weighted by Gasteiger charge is -2.04. The topological polar surface area (TPSA) is 251 Å². The van der Waals surface area contributed by atoms with Gasteiger partial charge in [-0.15, -0.1) is 0 Å². The largest absolute Gasteiger partial charge is 0.483 e. The van der Waals surface area contributed by atoms with E-state index in [4.69, 9.17) is 32.8 Å². The van der Waals surface area contributed by atoms with Crippen LogP contribution in [0.1, 0.15) is 53.3 Å². The zero-order valence-electron chi connectivity index (χ0n) is 24.0. The maximum absolute atomic E-state index is 11.6. The van der Waals surface area contributed by atoms with Gasteiger partial charge in [-0.3, -0.25) is 29.2 Å². The highest BCUT2D eigenvalue weighted by molar-refractivity contribution is 5.94. The second-order valence-corrected chi connectivity index (χ2v) is 7.93. The quantitative estimate of drug-likeness (QED) is 0.0708. The maximum Gasteiger partial charge on any atom is 0.293 e. The van der Waals surface area contributed by atoms with E-state index in [0.29, 0.717) is 50.4 Å². The highest BCUT2D eigenvalue weighted by atomic mass is 16.5. The number of benzene rings is 2. The molecule has 0 aromatic heterocycles. The van der Waals surface area contributed by atoms with Gasteiger partial charge in [-0.1, -0.05) is 36.4 Å². The average Bonchev–Trinajstić information content (AvgIpc) is 2.98. The summed E-state index contributed by atoms with van der Waals surface area (Å²) in [5.74, 6) is 0.122. The molecular weight excluding hydrogens is 544 g/mol. The summed E-state index contributed by atoms with van der Waals surface area (Å²) in [6.07, 6.45) is 3.42. The molecule has 2 aromatic rings. The Morgan fingerprint density at radius 1 is 0.738 bits per heavy atom. The van der Waals surface area contributed by atoms with Crippen molar-refractivity contribution in [1.29, 1.82) is 0 Å². The van der Waals surface area contributed by atoms with Crippen LogP contribution in [0, 0.1) is 0 Å². The van der Waals surface area contributed by atoms with E-state index in [1.807, 2.05) is 36.4 Å². The van der Waals surface area contributed by atoms with Gasteiger partial charge in [0.1, 0.15) is 0 Å². The van der Waals surface area contributed by atoms with E-state index in [0.717, 1.165) is 25.7 Å². The minimum Gasteiger partial charge on any atom is -0.483 e. The Bertz CT molecular complexity index is 954. The van der Waals surface area contributed by atoms with Crippen LogP contribution in [-0.4, -0.2) is 74.6 Å². The molecule has 42 heavy (non-hydrogen) atoms. The molecule has 0 radical (unpaired) electrons. The number of nitrogens with one attached hydrogen (secondary N) is 2. The van der Waals surface area contributed by atoms with Crippen molar-refractivity contribution in [3.8, 4) is 0 Å².